The molecule has 4 N–H and O–H groups in total. The maximum Gasteiger partial charge on any atom is 0.0105 e. The van der Waals surface area contributed by atoms with Gasteiger partial charge >= 0.3 is 0 Å². The molecule has 0 aliphatic rings. The van der Waals surface area contributed by atoms with Crippen molar-refractivity contribution in [3.8, 4) is 0 Å². The molecule has 0 bridgehead atoms. The van der Waals surface area contributed by atoms with Crippen LogP contribution in [0.25, 0.3) is 0 Å². The molecule has 0 spiro atoms. The molecule has 3 heteroatoms. The first kappa shape index (κ1) is 12.6. The molecule has 0 saturated heterocycles. The Morgan fingerprint density at radius 2 is 2.08 bits per heavy atom. The van der Waals surface area contributed by atoms with Crippen molar-refractivity contribution in [1.82, 2.24) is 4.90 Å². The van der Waals surface area contributed by atoms with Gasteiger partial charge in [-0.25, -0.2) is 0 Å². The van der Waals surface area contributed by atoms with Gasteiger partial charge in [0.05, 0.1) is 0 Å². The molecule has 3 nitrogen and oxygen atoms in total. The molecule has 0 heterocycles. The lowest BCUT2D eigenvalue weighted by molar-refractivity contribution is 0.276. The molecule has 0 fully saturated rings. The smallest absolute Gasteiger partial charge is 0.0105 e. The van der Waals surface area contributed by atoms with Crippen molar-refractivity contribution in [3.05, 3.63) is 12.7 Å². The molecule has 0 aliphatic carbocycles. The molecule has 0 amide bonds. The summed E-state index contributed by atoms with van der Waals surface area (Å²) in [6, 6.07) is 0.281. The third-order valence-electron chi connectivity index (χ3n) is 2.00. The van der Waals surface area contributed by atoms with Crippen LogP contribution >= 0.6 is 0 Å². The Kier molecular flexibility index (Phi) is 7.99. The maximum atomic E-state index is 5.69. The minimum Gasteiger partial charge on any atom is -0.329 e. The van der Waals surface area contributed by atoms with Crippen LogP contribution in [0.1, 0.15) is 19.8 Å². The van der Waals surface area contributed by atoms with E-state index in [1.807, 2.05) is 13.0 Å². The Bertz CT molecular complexity index is 123. The van der Waals surface area contributed by atoms with Gasteiger partial charge in [-0.1, -0.05) is 6.08 Å². The van der Waals surface area contributed by atoms with Gasteiger partial charge in [0.15, 0.2) is 0 Å². The quantitative estimate of drug-likeness (QED) is 0.543. The van der Waals surface area contributed by atoms with E-state index in [9.17, 15) is 0 Å². The molecule has 0 radical (unpaired) electrons. The summed E-state index contributed by atoms with van der Waals surface area (Å²) in [5.74, 6) is 0. The minimum atomic E-state index is 0.281. The van der Waals surface area contributed by atoms with E-state index in [4.69, 9.17) is 11.5 Å². The summed E-state index contributed by atoms with van der Waals surface area (Å²) in [4.78, 5) is 2.34. The highest BCUT2D eigenvalue weighted by atomic mass is 15.1. The van der Waals surface area contributed by atoms with E-state index >= 15 is 0 Å². The molecule has 1 atom stereocenters. The van der Waals surface area contributed by atoms with Gasteiger partial charge in [0, 0.05) is 25.7 Å². The van der Waals surface area contributed by atoms with E-state index in [1.54, 1.807) is 0 Å². The molecule has 0 rings (SSSR count). The fraction of sp³-hybridized carbons (Fsp3) is 0.800. The number of hydrogen-bond donors (Lipinski definition) is 2. The molecular formula is C10H23N3. The van der Waals surface area contributed by atoms with E-state index in [1.165, 1.54) is 0 Å². The van der Waals surface area contributed by atoms with Crippen LogP contribution in [0.4, 0.5) is 0 Å². The number of nitrogens with two attached hydrogens (primary N) is 2. The van der Waals surface area contributed by atoms with Crippen LogP contribution < -0.4 is 11.5 Å². The van der Waals surface area contributed by atoms with E-state index < -0.39 is 0 Å². The summed E-state index contributed by atoms with van der Waals surface area (Å²) in [5.41, 5.74) is 11.2. The zero-order chi connectivity index (χ0) is 10.1. The molecule has 0 aromatic heterocycles. The van der Waals surface area contributed by atoms with Crippen molar-refractivity contribution in [2.75, 3.05) is 26.2 Å². The van der Waals surface area contributed by atoms with E-state index in [0.717, 1.165) is 39.0 Å². The lowest BCUT2D eigenvalue weighted by Gasteiger charge is -2.21. The molecule has 0 saturated carbocycles. The fourth-order valence-corrected chi connectivity index (χ4v) is 1.18. The zero-order valence-electron chi connectivity index (χ0n) is 8.71. The highest BCUT2D eigenvalue weighted by Crippen LogP contribution is 1.96. The second-order valence-electron chi connectivity index (χ2n) is 3.47. The number of nitrogens with zero attached hydrogens (tertiary/aromatic N) is 1. The van der Waals surface area contributed by atoms with Crippen LogP contribution in [-0.2, 0) is 0 Å². The molecule has 1 unspecified atom stereocenters. The summed E-state index contributed by atoms with van der Waals surface area (Å²) in [7, 11) is 0. The van der Waals surface area contributed by atoms with Gasteiger partial charge in [0.25, 0.3) is 0 Å². The van der Waals surface area contributed by atoms with Gasteiger partial charge in [-0.15, -0.1) is 6.58 Å². The first-order chi connectivity index (χ1) is 6.20. The second-order valence-corrected chi connectivity index (χ2v) is 3.47. The van der Waals surface area contributed by atoms with Crippen molar-refractivity contribution >= 4 is 0 Å². The van der Waals surface area contributed by atoms with Gasteiger partial charge in [0.1, 0.15) is 0 Å². The van der Waals surface area contributed by atoms with E-state index in [0.29, 0.717) is 0 Å². The SMILES string of the molecule is C=CCCN(CCN)CCC(C)N. The molecule has 0 aromatic carbocycles. The van der Waals surface area contributed by atoms with Gasteiger partial charge in [-0.2, -0.15) is 0 Å². The molecule has 78 valence electrons. The van der Waals surface area contributed by atoms with Crippen molar-refractivity contribution in [2.45, 2.75) is 25.8 Å². The predicted molar refractivity (Wildman–Crippen MR) is 58.6 cm³/mol. The third kappa shape index (κ3) is 7.96. The summed E-state index contributed by atoms with van der Waals surface area (Å²) in [6.07, 6.45) is 4.01. The lowest BCUT2D eigenvalue weighted by Crippen LogP contribution is -2.33. The molecular weight excluding hydrogens is 162 g/mol. The largest absolute Gasteiger partial charge is 0.329 e. The summed E-state index contributed by atoms with van der Waals surface area (Å²) in [6.45, 7) is 9.51. The predicted octanol–water partition coefficient (Wildman–Crippen LogP) is 0.561. The Morgan fingerprint density at radius 3 is 2.54 bits per heavy atom. The van der Waals surface area contributed by atoms with E-state index in [2.05, 4.69) is 11.5 Å². The molecule has 13 heavy (non-hydrogen) atoms. The zero-order valence-corrected chi connectivity index (χ0v) is 8.71. The summed E-state index contributed by atoms with van der Waals surface area (Å²) in [5, 5.41) is 0. The van der Waals surface area contributed by atoms with Gasteiger partial charge in [0.2, 0.25) is 0 Å². The van der Waals surface area contributed by atoms with Crippen molar-refractivity contribution in [3.63, 3.8) is 0 Å². The van der Waals surface area contributed by atoms with Crippen LogP contribution in [0.3, 0.4) is 0 Å². The van der Waals surface area contributed by atoms with Crippen LogP contribution in [0.5, 0.6) is 0 Å². The van der Waals surface area contributed by atoms with Gasteiger partial charge in [-0.3, -0.25) is 0 Å². The lowest BCUT2D eigenvalue weighted by atomic mass is 10.2. The number of hydrogen-bond acceptors (Lipinski definition) is 3. The first-order valence-electron chi connectivity index (χ1n) is 4.99. The standard InChI is InChI=1S/C10H23N3/c1-3-4-7-13(9-6-11)8-5-10(2)12/h3,10H,1,4-9,11-12H2,2H3. The second kappa shape index (κ2) is 8.23. The average molecular weight is 185 g/mol. The Hall–Kier alpha value is -0.380. The van der Waals surface area contributed by atoms with Crippen molar-refractivity contribution in [2.24, 2.45) is 11.5 Å². The Morgan fingerprint density at radius 1 is 1.38 bits per heavy atom. The summed E-state index contributed by atoms with van der Waals surface area (Å²) < 4.78 is 0. The average Bonchev–Trinajstić information content (AvgIpc) is 2.09. The first-order valence-corrected chi connectivity index (χ1v) is 4.99. The van der Waals surface area contributed by atoms with Crippen LogP contribution in [-0.4, -0.2) is 37.1 Å². The minimum absolute atomic E-state index is 0.281. The topological polar surface area (TPSA) is 55.3 Å². The highest BCUT2D eigenvalue weighted by molar-refractivity contribution is 4.70. The Labute approximate surface area is 81.8 Å². The monoisotopic (exact) mass is 185 g/mol. The maximum absolute atomic E-state index is 5.69. The van der Waals surface area contributed by atoms with Crippen LogP contribution in [0.15, 0.2) is 12.7 Å². The fourth-order valence-electron chi connectivity index (χ4n) is 1.18. The van der Waals surface area contributed by atoms with Crippen molar-refractivity contribution in [1.29, 1.82) is 0 Å². The number of rotatable bonds is 8. The van der Waals surface area contributed by atoms with Gasteiger partial charge < -0.3 is 16.4 Å². The molecule has 0 aromatic rings. The van der Waals surface area contributed by atoms with E-state index in [-0.39, 0.29) is 6.04 Å². The van der Waals surface area contributed by atoms with Crippen LogP contribution in [0.2, 0.25) is 0 Å². The van der Waals surface area contributed by atoms with Gasteiger partial charge in [-0.05, 0) is 26.3 Å². The van der Waals surface area contributed by atoms with Crippen molar-refractivity contribution < 1.29 is 0 Å². The highest BCUT2D eigenvalue weighted by Gasteiger charge is 2.03. The Balaban J connectivity index is 3.59. The summed E-state index contributed by atoms with van der Waals surface area (Å²) >= 11 is 0. The normalized spacial score (nSPS) is 13.2. The molecule has 0 aliphatic heterocycles. The third-order valence-corrected chi connectivity index (χ3v) is 2.00. The van der Waals surface area contributed by atoms with Crippen LogP contribution in [0, 0.1) is 0 Å².